The predicted octanol–water partition coefficient (Wildman–Crippen LogP) is 2.12. The van der Waals surface area contributed by atoms with Crippen molar-refractivity contribution in [2.24, 2.45) is 0 Å². The van der Waals surface area contributed by atoms with E-state index in [4.69, 9.17) is 0 Å². The number of carbonyl (C=O) groups excluding carboxylic acids is 1. The van der Waals surface area contributed by atoms with Gasteiger partial charge in [-0.2, -0.15) is 13.2 Å². The number of hydrogen-bond donors (Lipinski definition) is 2. The lowest BCUT2D eigenvalue weighted by Gasteiger charge is -2.23. The van der Waals surface area contributed by atoms with Gasteiger partial charge >= 0.3 is 6.18 Å². The first-order chi connectivity index (χ1) is 9.45. The molecule has 0 saturated carbocycles. The Morgan fingerprint density at radius 2 is 2.00 bits per heavy atom. The molecule has 2 N–H and O–H groups in total. The number of piperidine rings is 1. The summed E-state index contributed by atoms with van der Waals surface area (Å²) < 4.78 is 37.2. The fourth-order valence-electron chi connectivity index (χ4n) is 2.25. The number of benzene rings is 1. The summed E-state index contributed by atoms with van der Waals surface area (Å²) in [6.07, 6.45) is -2.28. The average molecular weight is 286 g/mol. The van der Waals surface area contributed by atoms with Crippen molar-refractivity contribution in [2.75, 3.05) is 13.1 Å². The zero-order valence-electron chi connectivity index (χ0n) is 11.0. The summed E-state index contributed by atoms with van der Waals surface area (Å²) in [6.45, 7) is 1.71. The Morgan fingerprint density at radius 3 is 2.55 bits per heavy atom. The number of rotatable bonds is 3. The average Bonchev–Trinajstić information content (AvgIpc) is 2.39. The smallest absolute Gasteiger partial charge is 0.352 e. The van der Waals surface area contributed by atoms with Crippen LogP contribution in [-0.4, -0.2) is 25.0 Å². The van der Waals surface area contributed by atoms with Gasteiger partial charge in [-0.1, -0.05) is 12.1 Å². The van der Waals surface area contributed by atoms with Gasteiger partial charge < -0.3 is 10.6 Å². The van der Waals surface area contributed by atoms with Crippen LogP contribution in [-0.2, 0) is 17.4 Å². The van der Waals surface area contributed by atoms with Gasteiger partial charge in [-0.3, -0.25) is 4.79 Å². The van der Waals surface area contributed by atoms with Crippen molar-refractivity contribution in [1.29, 1.82) is 0 Å². The first-order valence-corrected chi connectivity index (χ1v) is 6.61. The number of amides is 1. The number of nitrogens with one attached hydrogen (secondary N) is 2. The highest BCUT2D eigenvalue weighted by molar-refractivity contribution is 5.78. The van der Waals surface area contributed by atoms with Gasteiger partial charge in [-0.05, 0) is 37.1 Å². The van der Waals surface area contributed by atoms with Crippen LogP contribution in [0.25, 0.3) is 0 Å². The molecule has 0 aromatic heterocycles. The van der Waals surface area contributed by atoms with E-state index in [1.54, 1.807) is 0 Å². The molecule has 1 aliphatic rings. The highest BCUT2D eigenvalue weighted by Crippen LogP contribution is 2.29. The normalized spacial score (nSPS) is 19.6. The highest BCUT2D eigenvalue weighted by Gasteiger charge is 2.30. The van der Waals surface area contributed by atoms with Crippen LogP contribution >= 0.6 is 0 Å². The summed E-state index contributed by atoms with van der Waals surface area (Å²) in [4.78, 5) is 11.8. The summed E-state index contributed by atoms with van der Waals surface area (Å²) in [5.41, 5.74) is -0.114. The summed E-state index contributed by atoms with van der Waals surface area (Å²) >= 11 is 0. The maximum atomic E-state index is 12.4. The lowest BCUT2D eigenvalue weighted by atomic mass is 10.1. The minimum absolute atomic E-state index is 0.106. The van der Waals surface area contributed by atoms with E-state index in [0.29, 0.717) is 5.56 Å². The molecule has 1 fully saturated rings. The van der Waals surface area contributed by atoms with Crippen LogP contribution in [0.3, 0.4) is 0 Å². The molecule has 0 spiro atoms. The Labute approximate surface area is 115 Å². The van der Waals surface area contributed by atoms with Gasteiger partial charge in [0.2, 0.25) is 5.91 Å². The molecule has 0 bridgehead atoms. The molecule has 1 aromatic rings. The van der Waals surface area contributed by atoms with Gasteiger partial charge in [0.25, 0.3) is 0 Å². The van der Waals surface area contributed by atoms with Crippen molar-refractivity contribution in [3.8, 4) is 0 Å². The van der Waals surface area contributed by atoms with E-state index >= 15 is 0 Å². The molecular weight excluding hydrogens is 269 g/mol. The molecule has 3 nitrogen and oxygen atoms in total. The Kier molecular flexibility index (Phi) is 4.65. The first-order valence-electron chi connectivity index (χ1n) is 6.61. The van der Waals surface area contributed by atoms with Gasteiger partial charge in [0.05, 0.1) is 12.0 Å². The molecule has 0 unspecified atom stereocenters. The Morgan fingerprint density at radius 1 is 1.30 bits per heavy atom. The maximum absolute atomic E-state index is 12.4. The third kappa shape index (κ3) is 4.23. The minimum Gasteiger partial charge on any atom is -0.352 e. The number of carbonyl (C=O) groups is 1. The summed E-state index contributed by atoms with van der Waals surface area (Å²) in [5, 5.41) is 6.08. The third-order valence-electron chi connectivity index (χ3n) is 3.31. The molecule has 1 amide bonds. The van der Waals surface area contributed by atoms with Crippen molar-refractivity contribution < 1.29 is 18.0 Å². The molecule has 0 radical (unpaired) electrons. The molecule has 1 heterocycles. The molecule has 110 valence electrons. The monoisotopic (exact) mass is 286 g/mol. The second kappa shape index (κ2) is 6.26. The summed E-state index contributed by atoms with van der Waals surface area (Å²) in [5.74, 6) is -0.154. The van der Waals surface area contributed by atoms with Crippen LogP contribution in [0.2, 0.25) is 0 Å². The van der Waals surface area contributed by atoms with E-state index in [1.165, 1.54) is 12.1 Å². The highest BCUT2D eigenvalue weighted by atomic mass is 19.4. The number of alkyl halides is 3. The van der Waals surface area contributed by atoms with Crippen molar-refractivity contribution >= 4 is 5.91 Å². The van der Waals surface area contributed by atoms with E-state index in [2.05, 4.69) is 10.6 Å². The van der Waals surface area contributed by atoms with Crippen LogP contribution in [0.4, 0.5) is 13.2 Å². The Bertz CT molecular complexity index is 450. The van der Waals surface area contributed by atoms with Gasteiger partial charge in [0.15, 0.2) is 0 Å². The molecule has 1 saturated heterocycles. The van der Waals surface area contributed by atoms with Crippen LogP contribution in [0.5, 0.6) is 0 Å². The third-order valence-corrected chi connectivity index (χ3v) is 3.31. The standard InChI is InChI=1S/C14H17F3N2O/c15-14(16,17)11-5-3-10(4-6-11)8-13(20)19-12-2-1-7-18-9-12/h3-6,12,18H,1-2,7-9H2,(H,19,20)/t12-/m0/s1. The SMILES string of the molecule is O=C(Cc1ccc(C(F)(F)F)cc1)N[C@H]1CCCNC1. The molecule has 20 heavy (non-hydrogen) atoms. The van der Waals surface area contributed by atoms with Gasteiger partial charge in [0, 0.05) is 12.6 Å². The summed E-state index contributed by atoms with van der Waals surface area (Å²) in [7, 11) is 0. The maximum Gasteiger partial charge on any atom is 0.416 e. The van der Waals surface area contributed by atoms with E-state index in [-0.39, 0.29) is 18.4 Å². The largest absolute Gasteiger partial charge is 0.416 e. The zero-order chi connectivity index (χ0) is 14.6. The van der Waals surface area contributed by atoms with Crippen LogP contribution < -0.4 is 10.6 Å². The van der Waals surface area contributed by atoms with Gasteiger partial charge in [-0.15, -0.1) is 0 Å². The minimum atomic E-state index is -4.34. The quantitative estimate of drug-likeness (QED) is 0.893. The van der Waals surface area contributed by atoms with Crippen LogP contribution in [0, 0.1) is 0 Å². The fraction of sp³-hybridized carbons (Fsp3) is 0.500. The van der Waals surface area contributed by atoms with Gasteiger partial charge in [-0.25, -0.2) is 0 Å². The van der Waals surface area contributed by atoms with E-state index in [9.17, 15) is 18.0 Å². The van der Waals surface area contributed by atoms with Crippen molar-refractivity contribution in [1.82, 2.24) is 10.6 Å². The Hall–Kier alpha value is -1.56. The number of halogens is 3. The first kappa shape index (κ1) is 14.8. The number of hydrogen-bond acceptors (Lipinski definition) is 2. The molecule has 2 rings (SSSR count). The lowest BCUT2D eigenvalue weighted by Crippen LogP contribution is -2.46. The second-order valence-corrected chi connectivity index (χ2v) is 4.98. The molecule has 0 aliphatic carbocycles. The molecule has 1 atom stereocenters. The molecule has 1 aromatic carbocycles. The van der Waals surface area contributed by atoms with Crippen molar-refractivity contribution in [2.45, 2.75) is 31.5 Å². The van der Waals surface area contributed by atoms with Crippen molar-refractivity contribution in [3.05, 3.63) is 35.4 Å². The fourth-order valence-corrected chi connectivity index (χ4v) is 2.25. The second-order valence-electron chi connectivity index (χ2n) is 4.98. The van der Waals surface area contributed by atoms with Crippen LogP contribution in [0.15, 0.2) is 24.3 Å². The zero-order valence-corrected chi connectivity index (χ0v) is 11.0. The Balaban J connectivity index is 1.87. The summed E-state index contributed by atoms with van der Waals surface area (Å²) in [6, 6.07) is 4.82. The molecular formula is C14H17F3N2O. The van der Waals surface area contributed by atoms with E-state index in [0.717, 1.165) is 38.1 Å². The molecule has 1 aliphatic heterocycles. The lowest BCUT2D eigenvalue weighted by molar-refractivity contribution is -0.137. The van der Waals surface area contributed by atoms with Crippen LogP contribution in [0.1, 0.15) is 24.0 Å². The van der Waals surface area contributed by atoms with Crippen molar-refractivity contribution in [3.63, 3.8) is 0 Å². The van der Waals surface area contributed by atoms with E-state index in [1.807, 2.05) is 0 Å². The molecule has 6 heteroatoms. The van der Waals surface area contributed by atoms with E-state index < -0.39 is 11.7 Å². The predicted molar refractivity (Wildman–Crippen MR) is 69.2 cm³/mol. The topological polar surface area (TPSA) is 41.1 Å². The van der Waals surface area contributed by atoms with Gasteiger partial charge in [0.1, 0.15) is 0 Å².